The highest BCUT2D eigenvalue weighted by Crippen LogP contribution is 2.34. The van der Waals surface area contributed by atoms with Gasteiger partial charge in [0.1, 0.15) is 28.1 Å². The van der Waals surface area contributed by atoms with Crippen LogP contribution in [0, 0.1) is 11.8 Å². The Morgan fingerprint density at radius 2 is 1.93 bits per heavy atom. The molecule has 0 unspecified atom stereocenters. The maximum absolute atomic E-state index is 14.8. The molecule has 1 atom stereocenters. The van der Waals surface area contributed by atoms with E-state index in [1.54, 1.807) is 10.9 Å². The fourth-order valence-electron chi connectivity index (χ4n) is 4.85. The SMILES string of the molecule is CCOC1CCC(n2cc(NC(=O)c3csc(-c4cnn(COC(=O)C[C@H](N)C(=O)O)c4)n3)c(-c3nc(F)ccc3F)n2)CC1. The van der Waals surface area contributed by atoms with Crippen LogP contribution in [0.5, 0.6) is 0 Å². The van der Waals surface area contributed by atoms with Crippen LogP contribution in [-0.4, -0.2) is 71.2 Å². The molecular formula is C28H30F2N8O6S. The van der Waals surface area contributed by atoms with Crippen molar-refractivity contribution in [1.82, 2.24) is 29.5 Å². The molecule has 14 nitrogen and oxygen atoms in total. The standard InChI is InChI=1S/C28H30F2N8O6S/c1-2-43-17-5-3-16(4-6-17)38-12-20(25(36-38)24-18(29)7-8-22(30)35-24)33-26(40)21-13-45-27(34-21)15-10-32-37(11-15)14-44-23(39)9-19(31)28(41)42/h7-8,10-13,16-17,19H,2-6,9,14,31H2,1H3,(H,33,40)(H,41,42)/t16?,17?,19-/m0/s1. The number of anilines is 1. The van der Waals surface area contributed by atoms with Gasteiger partial charge in [-0.25, -0.2) is 19.0 Å². The fraction of sp³-hybridized carbons (Fsp3) is 0.393. The molecule has 1 aliphatic rings. The summed E-state index contributed by atoms with van der Waals surface area (Å²) in [5.74, 6) is -4.41. The first-order valence-corrected chi connectivity index (χ1v) is 15.0. The molecule has 4 aromatic rings. The van der Waals surface area contributed by atoms with Crippen LogP contribution in [0.2, 0.25) is 0 Å². The Balaban J connectivity index is 1.30. The highest BCUT2D eigenvalue weighted by Gasteiger charge is 2.27. The lowest BCUT2D eigenvalue weighted by Gasteiger charge is -2.28. The van der Waals surface area contributed by atoms with E-state index < -0.39 is 42.1 Å². The van der Waals surface area contributed by atoms with Gasteiger partial charge in [-0.15, -0.1) is 11.3 Å². The molecule has 1 amide bonds. The number of carboxylic acid groups (broad SMARTS) is 1. The molecule has 0 aromatic carbocycles. The fourth-order valence-corrected chi connectivity index (χ4v) is 5.62. The van der Waals surface area contributed by atoms with Crippen molar-refractivity contribution >= 4 is 34.9 Å². The first-order valence-electron chi connectivity index (χ1n) is 14.1. The van der Waals surface area contributed by atoms with Gasteiger partial charge in [-0.2, -0.15) is 14.6 Å². The van der Waals surface area contributed by atoms with Crippen LogP contribution in [0.4, 0.5) is 14.5 Å². The number of ether oxygens (including phenoxy) is 2. The van der Waals surface area contributed by atoms with Crippen molar-refractivity contribution in [3.63, 3.8) is 0 Å². The van der Waals surface area contributed by atoms with Gasteiger partial charge >= 0.3 is 11.9 Å². The van der Waals surface area contributed by atoms with Crippen LogP contribution in [-0.2, 0) is 25.8 Å². The zero-order valence-electron chi connectivity index (χ0n) is 24.1. The van der Waals surface area contributed by atoms with Crippen molar-refractivity contribution < 1.29 is 37.7 Å². The van der Waals surface area contributed by atoms with E-state index in [2.05, 4.69) is 25.5 Å². The Morgan fingerprint density at radius 1 is 1.16 bits per heavy atom. The van der Waals surface area contributed by atoms with Gasteiger partial charge in [0.15, 0.2) is 12.5 Å². The molecule has 5 rings (SSSR count). The molecule has 4 heterocycles. The van der Waals surface area contributed by atoms with Gasteiger partial charge in [-0.05, 0) is 44.7 Å². The van der Waals surface area contributed by atoms with Crippen LogP contribution in [0.15, 0.2) is 36.1 Å². The molecule has 0 spiro atoms. The number of hydrogen-bond donors (Lipinski definition) is 3. The van der Waals surface area contributed by atoms with Crippen LogP contribution in [0.1, 0.15) is 55.6 Å². The summed E-state index contributed by atoms with van der Waals surface area (Å²) in [6.07, 6.45) is 7.41. The third-order valence-electron chi connectivity index (χ3n) is 7.12. The minimum Gasteiger partial charge on any atom is -0.480 e. The van der Waals surface area contributed by atoms with E-state index in [4.69, 9.17) is 20.3 Å². The van der Waals surface area contributed by atoms with Gasteiger partial charge in [0.25, 0.3) is 5.91 Å². The second-order valence-electron chi connectivity index (χ2n) is 10.3. The minimum absolute atomic E-state index is 0.0112. The smallest absolute Gasteiger partial charge is 0.321 e. The number of aromatic nitrogens is 6. The topological polar surface area (TPSA) is 189 Å². The Kier molecular flexibility index (Phi) is 9.90. The van der Waals surface area contributed by atoms with Gasteiger partial charge in [0.05, 0.1) is 30.5 Å². The second kappa shape index (κ2) is 14.0. The number of amides is 1. The number of thiazole rings is 1. The predicted molar refractivity (Wildman–Crippen MR) is 156 cm³/mol. The molecular weight excluding hydrogens is 614 g/mol. The molecule has 0 aliphatic heterocycles. The summed E-state index contributed by atoms with van der Waals surface area (Å²) in [5, 5.41) is 22.1. The first-order chi connectivity index (χ1) is 21.6. The second-order valence-corrected chi connectivity index (χ2v) is 11.1. The van der Waals surface area contributed by atoms with E-state index in [9.17, 15) is 23.2 Å². The van der Waals surface area contributed by atoms with Crippen LogP contribution < -0.4 is 11.1 Å². The number of halogens is 2. The normalized spacial score (nSPS) is 17.2. The Labute approximate surface area is 259 Å². The molecule has 4 N–H and O–H groups in total. The number of nitrogens with two attached hydrogens (primary N) is 1. The van der Waals surface area contributed by atoms with Crippen molar-refractivity contribution in [1.29, 1.82) is 0 Å². The number of nitrogens with zero attached hydrogens (tertiary/aromatic N) is 6. The molecule has 0 radical (unpaired) electrons. The molecule has 4 aromatic heterocycles. The highest BCUT2D eigenvalue weighted by molar-refractivity contribution is 7.13. The van der Waals surface area contributed by atoms with E-state index in [0.717, 1.165) is 49.2 Å². The Bertz CT molecular complexity index is 1680. The summed E-state index contributed by atoms with van der Waals surface area (Å²) >= 11 is 1.16. The number of carbonyl (C=O) groups excluding carboxylic acids is 2. The lowest BCUT2D eigenvalue weighted by Crippen LogP contribution is -2.33. The number of hydrogen-bond acceptors (Lipinski definition) is 11. The van der Waals surface area contributed by atoms with E-state index in [-0.39, 0.29) is 41.6 Å². The van der Waals surface area contributed by atoms with E-state index >= 15 is 0 Å². The van der Waals surface area contributed by atoms with Gasteiger partial charge in [0.2, 0.25) is 5.95 Å². The Morgan fingerprint density at radius 3 is 2.67 bits per heavy atom. The zero-order chi connectivity index (χ0) is 32.1. The number of pyridine rings is 1. The third-order valence-corrected chi connectivity index (χ3v) is 8.01. The predicted octanol–water partition coefficient (Wildman–Crippen LogP) is 3.62. The average molecular weight is 645 g/mol. The maximum atomic E-state index is 14.8. The lowest BCUT2D eigenvalue weighted by molar-refractivity contribution is -0.152. The first kappa shape index (κ1) is 31.8. The number of aliphatic carboxylic acids is 1. The summed E-state index contributed by atoms with van der Waals surface area (Å²) in [5.41, 5.74) is 5.73. The molecule has 1 aliphatic carbocycles. The van der Waals surface area contributed by atoms with Crippen molar-refractivity contribution in [2.75, 3.05) is 11.9 Å². The van der Waals surface area contributed by atoms with Crippen molar-refractivity contribution in [3.8, 4) is 22.0 Å². The summed E-state index contributed by atoms with van der Waals surface area (Å²) < 4.78 is 42.5. The van der Waals surface area contributed by atoms with E-state index in [0.29, 0.717) is 17.2 Å². The van der Waals surface area contributed by atoms with Gasteiger partial charge in [-0.3, -0.25) is 19.1 Å². The lowest BCUT2D eigenvalue weighted by atomic mass is 9.93. The molecule has 17 heteroatoms. The van der Waals surface area contributed by atoms with Crippen molar-refractivity contribution in [2.45, 2.75) is 63.9 Å². The monoisotopic (exact) mass is 644 g/mol. The van der Waals surface area contributed by atoms with Crippen molar-refractivity contribution in [3.05, 3.63) is 53.6 Å². The summed E-state index contributed by atoms with van der Waals surface area (Å²) in [6.45, 7) is 2.29. The summed E-state index contributed by atoms with van der Waals surface area (Å²) in [4.78, 5) is 43.9. The number of nitrogens with one attached hydrogen (secondary N) is 1. The maximum Gasteiger partial charge on any atom is 0.321 e. The molecule has 0 saturated heterocycles. The molecule has 0 bridgehead atoms. The summed E-state index contributed by atoms with van der Waals surface area (Å²) in [7, 11) is 0. The van der Waals surface area contributed by atoms with Crippen LogP contribution in [0.25, 0.3) is 22.0 Å². The van der Waals surface area contributed by atoms with Gasteiger partial charge in [0, 0.05) is 29.9 Å². The molecule has 1 saturated carbocycles. The molecule has 238 valence electrons. The molecule has 1 fully saturated rings. The largest absolute Gasteiger partial charge is 0.480 e. The quantitative estimate of drug-likeness (QED) is 0.151. The number of rotatable bonds is 12. The number of carbonyl (C=O) groups is 3. The number of carboxylic acids is 1. The number of esters is 1. The van der Waals surface area contributed by atoms with Gasteiger partial charge < -0.3 is 25.6 Å². The van der Waals surface area contributed by atoms with E-state index in [1.165, 1.54) is 22.5 Å². The van der Waals surface area contributed by atoms with Crippen molar-refractivity contribution in [2.24, 2.45) is 5.73 Å². The van der Waals surface area contributed by atoms with Crippen LogP contribution in [0.3, 0.4) is 0 Å². The van der Waals surface area contributed by atoms with Gasteiger partial charge in [-0.1, -0.05) is 0 Å². The average Bonchev–Trinajstić information content (AvgIpc) is 3.78. The third kappa shape index (κ3) is 7.73. The minimum atomic E-state index is -1.37. The Hall–Kier alpha value is -4.61. The highest BCUT2D eigenvalue weighted by atomic mass is 32.1. The van der Waals surface area contributed by atoms with E-state index in [1.807, 2.05) is 6.92 Å². The van der Waals surface area contributed by atoms with Crippen LogP contribution >= 0.6 is 11.3 Å². The zero-order valence-corrected chi connectivity index (χ0v) is 24.9. The summed E-state index contributed by atoms with van der Waals surface area (Å²) in [6, 6.07) is 0.453. The molecule has 45 heavy (non-hydrogen) atoms.